The van der Waals surface area contributed by atoms with Gasteiger partial charge in [-0.05, 0) is 5.92 Å². The zero-order valence-corrected chi connectivity index (χ0v) is 9.73. The number of hydrogen-bond acceptors (Lipinski definition) is 2. The van der Waals surface area contributed by atoms with Gasteiger partial charge in [0.1, 0.15) is 5.69 Å². The Morgan fingerprint density at radius 1 is 1.17 bits per heavy atom. The third-order valence-corrected chi connectivity index (χ3v) is 2.38. The van der Waals surface area contributed by atoms with E-state index in [2.05, 4.69) is 0 Å². The van der Waals surface area contributed by atoms with Crippen molar-refractivity contribution in [2.24, 2.45) is 11.7 Å². The molecule has 0 saturated heterocycles. The molecule has 0 aliphatic carbocycles. The van der Waals surface area contributed by atoms with Crippen molar-refractivity contribution in [2.45, 2.75) is 19.9 Å². The summed E-state index contributed by atoms with van der Waals surface area (Å²) < 4.78 is 52.2. The van der Waals surface area contributed by atoms with Crippen LogP contribution in [-0.4, -0.2) is 11.9 Å². The first-order valence-corrected chi connectivity index (χ1v) is 5.15. The minimum absolute atomic E-state index is 0.0582. The SMILES string of the molecule is CC(C)C(N)C(=O)Nc1c(F)c(F)cc(F)c1F. The van der Waals surface area contributed by atoms with Crippen molar-refractivity contribution in [1.29, 1.82) is 0 Å². The lowest BCUT2D eigenvalue weighted by molar-refractivity contribution is -0.118. The van der Waals surface area contributed by atoms with Crippen molar-refractivity contribution in [3.63, 3.8) is 0 Å². The monoisotopic (exact) mass is 264 g/mol. The largest absolute Gasteiger partial charge is 0.320 e. The molecule has 1 unspecified atom stereocenters. The Morgan fingerprint density at radius 2 is 1.61 bits per heavy atom. The van der Waals surface area contributed by atoms with Crippen molar-refractivity contribution in [3.05, 3.63) is 29.3 Å². The van der Waals surface area contributed by atoms with E-state index in [1.165, 1.54) is 0 Å². The van der Waals surface area contributed by atoms with E-state index >= 15 is 0 Å². The molecule has 1 atom stereocenters. The Balaban J connectivity index is 3.08. The predicted octanol–water partition coefficient (Wildman–Crippen LogP) is 2.16. The Labute approximate surface area is 101 Å². The predicted molar refractivity (Wildman–Crippen MR) is 57.7 cm³/mol. The van der Waals surface area contributed by atoms with E-state index in [-0.39, 0.29) is 12.0 Å². The summed E-state index contributed by atoms with van der Waals surface area (Å²) in [5, 5.41) is 1.75. The molecule has 0 aromatic heterocycles. The van der Waals surface area contributed by atoms with Gasteiger partial charge in [0.2, 0.25) is 5.91 Å². The Hall–Kier alpha value is -1.63. The molecule has 0 spiro atoms. The molecule has 100 valence electrons. The molecule has 7 heteroatoms. The van der Waals surface area contributed by atoms with Gasteiger partial charge in [-0.3, -0.25) is 4.79 Å². The topological polar surface area (TPSA) is 55.1 Å². The van der Waals surface area contributed by atoms with Crippen molar-refractivity contribution in [2.75, 3.05) is 5.32 Å². The molecule has 3 nitrogen and oxygen atoms in total. The van der Waals surface area contributed by atoms with Crippen molar-refractivity contribution in [3.8, 4) is 0 Å². The third-order valence-electron chi connectivity index (χ3n) is 2.38. The van der Waals surface area contributed by atoms with Crippen LogP contribution in [0.15, 0.2) is 6.07 Å². The van der Waals surface area contributed by atoms with Gasteiger partial charge in [0.05, 0.1) is 6.04 Å². The van der Waals surface area contributed by atoms with Crippen LogP contribution in [0.1, 0.15) is 13.8 Å². The second-order valence-corrected chi connectivity index (χ2v) is 4.10. The summed E-state index contributed by atoms with van der Waals surface area (Å²) in [6.07, 6.45) is 0. The smallest absolute Gasteiger partial charge is 0.241 e. The number of halogens is 4. The van der Waals surface area contributed by atoms with Crippen LogP contribution in [0.5, 0.6) is 0 Å². The lowest BCUT2D eigenvalue weighted by Crippen LogP contribution is -2.40. The van der Waals surface area contributed by atoms with Gasteiger partial charge in [0, 0.05) is 6.07 Å². The summed E-state index contributed by atoms with van der Waals surface area (Å²) in [5.41, 5.74) is 4.27. The van der Waals surface area contributed by atoms with Gasteiger partial charge >= 0.3 is 0 Å². The zero-order valence-electron chi connectivity index (χ0n) is 9.73. The van der Waals surface area contributed by atoms with E-state index < -0.39 is 40.9 Å². The summed E-state index contributed by atoms with van der Waals surface area (Å²) in [4.78, 5) is 11.5. The summed E-state index contributed by atoms with van der Waals surface area (Å²) in [6, 6.07) is -0.988. The quantitative estimate of drug-likeness (QED) is 0.649. The molecular weight excluding hydrogens is 252 g/mol. The Morgan fingerprint density at radius 3 is 2.00 bits per heavy atom. The molecule has 18 heavy (non-hydrogen) atoms. The summed E-state index contributed by atoms with van der Waals surface area (Å²) in [7, 11) is 0. The van der Waals surface area contributed by atoms with Crippen LogP contribution < -0.4 is 11.1 Å². The average molecular weight is 264 g/mol. The van der Waals surface area contributed by atoms with Gasteiger partial charge in [-0.2, -0.15) is 0 Å². The van der Waals surface area contributed by atoms with Crippen molar-refractivity contribution >= 4 is 11.6 Å². The minimum Gasteiger partial charge on any atom is -0.320 e. The number of carbonyl (C=O) groups excluding carboxylic acids is 1. The first-order valence-electron chi connectivity index (χ1n) is 5.15. The lowest BCUT2D eigenvalue weighted by Gasteiger charge is -2.16. The highest BCUT2D eigenvalue weighted by molar-refractivity contribution is 5.95. The number of benzene rings is 1. The Kier molecular flexibility index (Phi) is 4.28. The summed E-state index contributed by atoms with van der Waals surface area (Å²) in [5.74, 6) is -7.75. The van der Waals surface area contributed by atoms with Crippen LogP contribution in [0.3, 0.4) is 0 Å². The maximum atomic E-state index is 13.2. The van der Waals surface area contributed by atoms with Gasteiger partial charge < -0.3 is 11.1 Å². The number of nitrogens with one attached hydrogen (secondary N) is 1. The fraction of sp³-hybridized carbons (Fsp3) is 0.364. The standard InChI is InChI=1S/C11H12F4N2O/c1-4(2)9(16)11(18)17-10-7(14)5(12)3-6(13)8(10)15/h3-4,9H,16H2,1-2H3,(H,17,18). The highest BCUT2D eigenvalue weighted by atomic mass is 19.2. The van der Waals surface area contributed by atoms with Crippen LogP contribution in [0, 0.1) is 29.2 Å². The Bertz CT molecular complexity index is 450. The van der Waals surface area contributed by atoms with E-state index in [4.69, 9.17) is 5.73 Å². The molecule has 0 heterocycles. The molecular formula is C11H12F4N2O. The molecule has 3 N–H and O–H groups in total. The van der Waals surface area contributed by atoms with E-state index in [0.717, 1.165) is 0 Å². The third kappa shape index (κ3) is 2.79. The molecule has 1 aromatic carbocycles. The highest BCUT2D eigenvalue weighted by Crippen LogP contribution is 2.24. The fourth-order valence-corrected chi connectivity index (χ4v) is 1.19. The molecule has 1 rings (SSSR count). The number of hydrogen-bond donors (Lipinski definition) is 2. The molecule has 0 fully saturated rings. The lowest BCUT2D eigenvalue weighted by atomic mass is 10.0. The molecule has 1 amide bonds. The molecule has 0 saturated carbocycles. The zero-order chi connectivity index (χ0) is 14.0. The normalized spacial score (nSPS) is 12.7. The van der Waals surface area contributed by atoms with Gasteiger partial charge in [0.25, 0.3) is 0 Å². The molecule has 0 bridgehead atoms. The van der Waals surface area contributed by atoms with E-state index in [1.807, 2.05) is 0 Å². The summed E-state index contributed by atoms with van der Waals surface area (Å²) in [6.45, 7) is 3.23. The van der Waals surface area contributed by atoms with Crippen molar-refractivity contribution in [1.82, 2.24) is 0 Å². The van der Waals surface area contributed by atoms with Crippen LogP contribution in [0.4, 0.5) is 23.2 Å². The van der Waals surface area contributed by atoms with E-state index in [9.17, 15) is 22.4 Å². The number of rotatable bonds is 3. The van der Waals surface area contributed by atoms with Crippen molar-refractivity contribution < 1.29 is 22.4 Å². The average Bonchev–Trinajstić information content (AvgIpc) is 2.30. The second kappa shape index (κ2) is 5.34. The van der Waals surface area contributed by atoms with Crippen LogP contribution in [0.25, 0.3) is 0 Å². The molecule has 0 aliphatic heterocycles. The molecule has 0 aliphatic rings. The van der Waals surface area contributed by atoms with Crippen LogP contribution in [0.2, 0.25) is 0 Å². The van der Waals surface area contributed by atoms with Gasteiger partial charge in [0.15, 0.2) is 23.3 Å². The fourth-order valence-electron chi connectivity index (χ4n) is 1.19. The number of nitrogens with two attached hydrogens (primary N) is 1. The number of amides is 1. The maximum Gasteiger partial charge on any atom is 0.241 e. The molecule has 0 radical (unpaired) electrons. The highest BCUT2D eigenvalue weighted by Gasteiger charge is 2.24. The second-order valence-electron chi connectivity index (χ2n) is 4.10. The van der Waals surface area contributed by atoms with E-state index in [1.54, 1.807) is 19.2 Å². The number of carbonyl (C=O) groups is 1. The van der Waals surface area contributed by atoms with Gasteiger partial charge in [-0.25, -0.2) is 17.6 Å². The minimum atomic E-state index is -1.67. The van der Waals surface area contributed by atoms with Gasteiger partial charge in [-0.15, -0.1) is 0 Å². The number of anilines is 1. The van der Waals surface area contributed by atoms with Gasteiger partial charge in [-0.1, -0.05) is 13.8 Å². The van der Waals surface area contributed by atoms with Crippen LogP contribution in [-0.2, 0) is 4.79 Å². The van der Waals surface area contributed by atoms with E-state index in [0.29, 0.717) is 0 Å². The molecule has 1 aromatic rings. The summed E-state index contributed by atoms with van der Waals surface area (Å²) >= 11 is 0. The first kappa shape index (κ1) is 14.4. The maximum absolute atomic E-state index is 13.2. The first-order chi connectivity index (χ1) is 8.25. The van der Waals surface area contributed by atoms with Crippen LogP contribution >= 0.6 is 0 Å².